The summed E-state index contributed by atoms with van der Waals surface area (Å²) in [5.41, 5.74) is 0. The first-order valence-electron chi connectivity index (χ1n) is 4.91. The summed E-state index contributed by atoms with van der Waals surface area (Å²) < 4.78 is 36.9. The van der Waals surface area contributed by atoms with Gasteiger partial charge in [0, 0.05) is 25.7 Å². The van der Waals surface area contributed by atoms with Gasteiger partial charge in [0.15, 0.2) is 0 Å². The molecule has 1 unspecified atom stereocenters. The van der Waals surface area contributed by atoms with Crippen LogP contribution < -0.4 is 5.32 Å². The molecule has 0 aromatic carbocycles. The molecular formula is C9H15F3N2O. The van der Waals surface area contributed by atoms with Gasteiger partial charge < -0.3 is 10.2 Å². The van der Waals surface area contributed by atoms with Crippen LogP contribution in [0.3, 0.4) is 0 Å². The van der Waals surface area contributed by atoms with E-state index in [-0.39, 0.29) is 6.04 Å². The van der Waals surface area contributed by atoms with E-state index in [1.54, 1.807) is 0 Å². The highest BCUT2D eigenvalue weighted by molar-refractivity contribution is 5.79. The van der Waals surface area contributed by atoms with E-state index in [2.05, 4.69) is 5.32 Å². The van der Waals surface area contributed by atoms with Crippen LogP contribution in [0.1, 0.15) is 13.8 Å². The van der Waals surface area contributed by atoms with Crippen molar-refractivity contribution in [3.8, 4) is 0 Å². The van der Waals surface area contributed by atoms with E-state index in [4.69, 9.17) is 0 Å². The Morgan fingerprint density at radius 3 is 2.60 bits per heavy atom. The quantitative estimate of drug-likeness (QED) is 0.720. The second-order valence-corrected chi connectivity index (χ2v) is 3.90. The average molecular weight is 224 g/mol. The number of rotatable bonds is 1. The molecule has 1 heterocycles. The maximum absolute atomic E-state index is 12.3. The Hall–Kier alpha value is -0.780. The number of nitrogens with zero attached hydrogens (tertiary/aromatic N) is 1. The van der Waals surface area contributed by atoms with Crippen molar-refractivity contribution in [3.63, 3.8) is 0 Å². The largest absolute Gasteiger partial charge is 0.400 e. The topological polar surface area (TPSA) is 32.3 Å². The molecule has 3 nitrogen and oxygen atoms in total. The Labute approximate surface area is 86.6 Å². The number of alkyl halides is 3. The van der Waals surface area contributed by atoms with E-state index in [1.165, 1.54) is 4.90 Å². The summed E-state index contributed by atoms with van der Waals surface area (Å²) in [5, 5.41) is 3.07. The highest BCUT2D eigenvalue weighted by Crippen LogP contribution is 2.27. The molecule has 0 aromatic rings. The normalized spacial score (nSPS) is 25.1. The lowest BCUT2D eigenvalue weighted by molar-refractivity contribution is -0.186. The fraction of sp³-hybridized carbons (Fsp3) is 0.889. The van der Waals surface area contributed by atoms with E-state index in [0.717, 1.165) is 6.92 Å². The molecule has 1 saturated heterocycles. The van der Waals surface area contributed by atoms with Crippen molar-refractivity contribution in [3.05, 3.63) is 0 Å². The van der Waals surface area contributed by atoms with Gasteiger partial charge in [-0.15, -0.1) is 0 Å². The lowest BCUT2D eigenvalue weighted by Crippen LogP contribution is -2.53. The van der Waals surface area contributed by atoms with Gasteiger partial charge in [-0.2, -0.15) is 13.2 Å². The smallest absolute Gasteiger partial charge is 0.339 e. The van der Waals surface area contributed by atoms with E-state index in [9.17, 15) is 18.0 Å². The summed E-state index contributed by atoms with van der Waals surface area (Å²) in [6.07, 6.45) is -4.44. The molecule has 0 aliphatic carbocycles. The summed E-state index contributed by atoms with van der Waals surface area (Å²) in [6, 6.07) is 0.0585. The van der Waals surface area contributed by atoms with Crippen LogP contribution >= 0.6 is 0 Å². The van der Waals surface area contributed by atoms with Crippen LogP contribution in [0.15, 0.2) is 0 Å². The van der Waals surface area contributed by atoms with Crippen molar-refractivity contribution in [1.29, 1.82) is 0 Å². The monoisotopic (exact) mass is 224 g/mol. The second kappa shape index (κ2) is 4.38. The predicted molar refractivity (Wildman–Crippen MR) is 49.3 cm³/mol. The lowest BCUT2D eigenvalue weighted by Gasteiger charge is -2.33. The van der Waals surface area contributed by atoms with E-state index in [0.29, 0.717) is 19.6 Å². The highest BCUT2D eigenvalue weighted by atomic mass is 19.4. The van der Waals surface area contributed by atoms with Gasteiger partial charge >= 0.3 is 6.18 Å². The third-order valence-corrected chi connectivity index (χ3v) is 2.54. The number of amides is 1. The van der Waals surface area contributed by atoms with Crippen LogP contribution in [0.4, 0.5) is 13.2 Å². The molecule has 0 aromatic heterocycles. The van der Waals surface area contributed by atoms with Crippen LogP contribution in [-0.4, -0.2) is 42.7 Å². The third kappa shape index (κ3) is 3.09. The first-order chi connectivity index (χ1) is 6.82. The number of hydrogen-bond donors (Lipinski definition) is 1. The van der Waals surface area contributed by atoms with Crippen LogP contribution in [-0.2, 0) is 4.79 Å². The van der Waals surface area contributed by atoms with Crippen LogP contribution in [0.5, 0.6) is 0 Å². The van der Waals surface area contributed by atoms with Crippen molar-refractivity contribution in [2.45, 2.75) is 26.1 Å². The molecule has 1 aliphatic rings. The van der Waals surface area contributed by atoms with E-state index in [1.807, 2.05) is 6.92 Å². The highest BCUT2D eigenvalue weighted by Gasteiger charge is 2.43. The zero-order chi connectivity index (χ0) is 11.6. The summed E-state index contributed by atoms with van der Waals surface area (Å²) in [4.78, 5) is 12.7. The summed E-state index contributed by atoms with van der Waals surface area (Å²) in [7, 11) is 0. The Morgan fingerprint density at radius 2 is 2.13 bits per heavy atom. The molecule has 2 atom stereocenters. The Balaban J connectivity index is 2.60. The average Bonchev–Trinajstić information content (AvgIpc) is 2.14. The molecule has 15 heavy (non-hydrogen) atoms. The molecule has 88 valence electrons. The van der Waals surface area contributed by atoms with Crippen LogP contribution in [0.25, 0.3) is 0 Å². The summed E-state index contributed by atoms with van der Waals surface area (Å²) in [5.74, 6) is -2.72. The zero-order valence-corrected chi connectivity index (χ0v) is 8.77. The molecule has 1 fully saturated rings. The Morgan fingerprint density at radius 1 is 1.53 bits per heavy atom. The number of carbonyl (C=O) groups excluding carboxylic acids is 1. The molecule has 0 radical (unpaired) electrons. The van der Waals surface area contributed by atoms with Gasteiger partial charge in [-0.1, -0.05) is 0 Å². The van der Waals surface area contributed by atoms with Crippen molar-refractivity contribution < 1.29 is 18.0 Å². The van der Waals surface area contributed by atoms with Crippen LogP contribution in [0.2, 0.25) is 0 Å². The maximum Gasteiger partial charge on any atom is 0.400 e. The van der Waals surface area contributed by atoms with Gasteiger partial charge in [-0.25, -0.2) is 0 Å². The number of hydrogen-bond acceptors (Lipinski definition) is 2. The van der Waals surface area contributed by atoms with Gasteiger partial charge in [0.25, 0.3) is 0 Å². The fourth-order valence-electron chi connectivity index (χ4n) is 1.55. The molecule has 1 rings (SSSR count). The zero-order valence-electron chi connectivity index (χ0n) is 8.77. The molecule has 1 aliphatic heterocycles. The lowest BCUT2D eigenvalue weighted by atomic mass is 10.1. The number of nitrogens with one attached hydrogen (secondary N) is 1. The number of piperazine rings is 1. The van der Waals surface area contributed by atoms with Gasteiger partial charge in [0.05, 0.1) is 0 Å². The van der Waals surface area contributed by atoms with Gasteiger partial charge in [-0.3, -0.25) is 4.79 Å². The number of halogens is 3. The van der Waals surface area contributed by atoms with E-state index >= 15 is 0 Å². The maximum atomic E-state index is 12.3. The molecule has 1 N–H and O–H groups in total. The molecule has 0 saturated carbocycles. The molecule has 0 spiro atoms. The molecule has 1 amide bonds. The summed E-state index contributed by atoms with van der Waals surface area (Å²) >= 11 is 0. The third-order valence-electron chi connectivity index (χ3n) is 2.54. The Bertz CT molecular complexity index is 242. The van der Waals surface area contributed by atoms with Crippen molar-refractivity contribution in [2.24, 2.45) is 5.92 Å². The van der Waals surface area contributed by atoms with Gasteiger partial charge in [0.2, 0.25) is 5.91 Å². The minimum Gasteiger partial charge on any atom is -0.339 e. The fourth-order valence-corrected chi connectivity index (χ4v) is 1.55. The van der Waals surface area contributed by atoms with Crippen LogP contribution in [0, 0.1) is 5.92 Å². The molecule has 0 bridgehead atoms. The first-order valence-corrected chi connectivity index (χ1v) is 4.91. The minimum atomic E-state index is -4.44. The van der Waals surface area contributed by atoms with Crippen molar-refractivity contribution in [1.82, 2.24) is 10.2 Å². The standard InChI is InChI=1S/C9H15F3N2O/c1-6-5-14(4-3-13-6)8(15)7(2)9(10,11)12/h6-7,13H,3-5H2,1-2H3/t6-,7?/m0/s1. The SMILES string of the molecule is CC(C(=O)N1CCN[C@@H](C)C1)C(F)(F)F. The molecular weight excluding hydrogens is 209 g/mol. The Kier molecular flexibility index (Phi) is 3.59. The first kappa shape index (κ1) is 12.3. The predicted octanol–water partition coefficient (Wildman–Crippen LogP) is 1.01. The number of carbonyl (C=O) groups is 1. The van der Waals surface area contributed by atoms with Crippen molar-refractivity contribution >= 4 is 5.91 Å². The molecule has 6 heteroatoms. The van der Waals surface area contributed by atoms with Crippen molar-refractivity contribution in [2.75, 3.05) is 19.6 Å². The van der Waals surface area contributed by atoms with Gasteiger partial charge in [-0.05, 0) is 13.8 Å². The van der Waals surface area contributed by atoms with E-state index < -0.39 is 18.0 Å². The summed E-state index contributed by atoms with van der Waals surface area (Å²) in [6.45, 7) is 4.01. The minimum absolute atomic E-state index is 0.0585. The second-order valence-electron chi connectivity index (χ2n) is 3.90. The van der Waals surface area contributed by atoms with Gasteiger partial charge in [0.1, 0.15) is 5.92 Å².